The average Bonchev–Trinajstić information content (AvgIpc) is 3.15. The Bertz CT molecular complexity index is 320. The standard InChI is InChI=1S/C16H30N2OS/c1-16(2)7-8-18(9-10-20-16)12-15-6-5-14(19-15)11-17-13-3-4-13/h13-15,17H,3-12H2,1-2H3. The van der Waals surface area contributed by atoms with Crippen LogP contribution in [0.4, 0.5) is 0 Å². The van der Waals surface area contributed by atoms with E-state index >= 15 is 0 Å². The van der Waals surface area contributed by atoms with Crippen LogP contribution in [-0.2, 0) is 4.74 Å². The van der Waals surface area contributed by atoms with Crippen LogP contribution in [-0.4, -0.2) is 59.8 Å². The maximum atomic E-state index is 6.22. The molecule has 3 rings (SSSR count). The van der Waals surface area contributed by atoms with Gasteiger partial charge in [0.15, 0.2) is 0 Å². The first kappa shape index (κ1) is 15.1. The number of hydrogen-bond acceptors (Lipinski definition) is 4. The molecule has 0 bridgehead atoms. The molecule has 1 aliphatic carbocycles. The van der Waals surface area contributed by atoms with Crippen LogP contribution in [0.25, 0.3) is 0 Å². The van der Waals surface area contributed by atoms with Gasteiger partial charge in [-0.1, -0.05) is 13.8 Å². The molecule has 1 saturated carbocycles. The fraction of sp³-hybridized carbons (Fsp3) is 1.00. The monoisotopic (exact) mass is 298 g/mol. The third-order valence-corrected chi connectivity index (χ3v) is 6.17. The van der Waals surface area contributed by atoms with Gasteiger partial charge in [0, 0.05) is 36.2 Å². The first-order chi connectivity index (χ1) is 9.61. The van der Waals surface area contributed by atoms with Gasteiger partial charge in [0.05, 0.1) is 12.2 Å². The molecule has 0 aromatic heterocycles. The summed E-state index contributed by atoms with van der Waals surface area (Å²) in [5, 5.41) is 3.60. The van der Waals surface area contributed by atoms with E-state index in [9.17, 15) is 0 Å². The molecular weight excluding hydrogens is 268 g/mol. The van der Waals surface area contributed by atoms with Crippen molar-refractivity contribution in [3.05, 3.63) is 0 Å². The zero-order valence-electron chi connectivity index (χ0n) is 13.1. The van der Waals surface area contributed by atoms with Crippen molar-refractivity contribution in [1.29, 1.82) is 0 Å². The van der Waals surface area contributed by atoms with Crippen molar-refractivity contribution in [2.75, 3.05) is 31.9 Å². The molecule has 0 spiro atoms. The Balaban J connectivity index is 1.37. The lowest BCUT2D eigenvalue weighted by atomic mass is 10.1. The molecule has 3 nitrogen and oxygen atoms in total. The Morgan fingerprint density at radius 1 is 1.15 bits per heavy atom. The van der Waals surface area contributed by atoms with Crippen LogP contribution < -0.4 is 5.32 Å². The summed E-state index contributed by atoms with van der Waals surface area (Å²) in [6.45, 7) is 9.46. The lowest BCUT2D eigenvalue weighted by Crippen LogP contribution is -2.36. The number of rotatable bonds is 5. The molecule has 0 aromatic rings. The number of thioether (sulfide) groups is 1. The van der Waals surface area contributed by atoms with Crippen LogP contribution in [0, 0.1) is 0 Å². The van der Waals surface area contributed by atoms with Gasteiger partial charge >= 0.3 is 0 Å². The normalized spacial score (nSPS) is 35.1. The number of nitrogens with one attached hydrogen (secondary N) is 1. The molecule has 1 N–H and O–H groups in total. The largest absolute Gasteiger partial charge is 0.372 e. The zero-order chi connectivity index (χ0) is 14.0. The van der Waals surface area contributed by atoms with Crippen LogP contribution in [0.15, 0.2) is 0 Å². The molecule has 2 unspecified atom stereocenters. The summed E-state index contributed by atoms with van der Waals surface area (Å²) >= 11 is 2.13. The minimum atomic E-state index is 0.460. The Morgan fingerprint density at radius 2 is 1.95 bits per heavy atom. The average molecular weight is 298 g/mol. The molecule has 2 aliphatic heterocycles. The van der Waals surface area contributed by atoms with Gasteiger partial charge in [-0.15, -0.1) is 0 Å². The van der Waals surface area contributed by atoms with Crippen LogP contribution in [0.3, 0.4) is 0 Å². The van der Waals surface area contributed by atoms with E-state index in [0.717, 1.165) is 19.1 Å². The van der Waals surface area contributed by atoms with Gasteiger partial charge < -0.3 is 10.1 Å². The molecule has 116 valence electrons. The lowest BCUT2D eigenvalue weighted by molar-refractivity contribution is 0.0241. The fourth-order valence-corrected chi connectivity index (χ4v) is 4.32. The third-order valence-electron chi connectivity index (χ3n) is 4.80. The molecule has 3 fully saturated rings. The van der Waals surface area contributed by atoms with Gasteiger partial charge in [-0.25, -0.2) is 0 Å². The highest BCUT2D eigenvalue weighted by Gasteiger charge is 2.30. The highest BCUT2D eigenvalue weighted by molar-refractivity contribution is 8.00. The van der Waals surface area contributed by atoms with Crippen molar-refractivity contribution < 1.29 is 4.74 Å². The molecule has 20 heavy (non-hydrogen) atoms. The van der Waals surface area contributed by atoms with E-state index in [4.69, 9.17) is 4.74 Å². The Labute approximate surface area is 128 Å². The second-order valence-corrected chi connectivity index (χ2v) is 9.10. The minimum Gasteiger partial charge on any atom is -0.372 e. The molecule has 2 heterocycles. The molecule has 0 radical (unpaired) electrons. The van der Waals surface area contributed by atoms with Crippen LogP contribution in [0.1, 0.15) is 46.0 Å². The maximum Gasteiger partial charge on any atom is 0.0707 e. The lowest BCUT2D eigenvalue weighted by Gasteiger charge is -2.25. The first-order valence-corrected chi connectivity index (χ1v) is 9.34. The first-order valence-electron chi connectivity index (χ1n) is 8.36. The van der Waals surface area contributed by atoms with Crippen molar-refractivity contribution >= 4 is 11.8 Å². The number of ether oxygens (including phenoxy) is 1. The summed E-state index contributed by atoms with van der Waals surface area (Å²) in [6.07, 6.45) is 7.50. The number of nitrogens with zero attached hydrogens (tertiary/aromatic N) is 1. The second kappa shape index (κ2) is 6.55. The molecule has 3 aliphatic rings. The number of hydrogen-bond donors (Lipinski definition) is 1. The van der Waals surface area contributed by atoms with Crippen molar-refractivity contribution in [1.82, 2.24) is 10.2 Å². The van der Waals surface area contributed by atoms with Gasteiger partial charge in [0.2, 0.25) is 0 Å². The maximum absolute atomic E-state index is 6.22. The quantitative estimate of drug-likeness (QED) is 0.843. The van der Waals surface area contributed by atoms with Gasteiger partial charge in [-0.3, -0.25) is 4.90 Å². The van der Waals surface area contributed by atoms with E-state index in [1.54, 1.807) is 0 Å². The molecule has 0 amide bonds. The van der Waals surface area contributed by atoms with Crippen LogP contribution >= 0.6 is 11.8 Å². The second-order valence-electron chi connectivity index (χ2n) is 7.30. The highest BCUT2D eigenvalue weighted by atomic mass is 32.2. The van der Waals surface area contributed by atoms with Crippen LogP contribution in [0.5, 0.6) is 0 Å². The van der Waals surface area contributed by atoms with Crippen molar-refractivity contribution in [2.24, 2.45) is 0 Å². The van der Waals surface area contributed by atoms with Gasteiger partial charge in [0.25, 0.3) is 0 Å². The molecular formula is C16H30N2OS. The summed E-state index contributed by atoms with van der Waals surface area (Å²) in [5.41, 5.74) is 0. The molecule has 2 saturated heterocycles. The summed E-state index contributed by atoms with van der Waals surface area (Å²) in [5.74, 6) is 1.27. The van der Waals surface area contributed by atoms with E-state index in [1.165, 1.54) is 50.9 Å². The van der Waals surface area contributed by atoms with E-state index < -0.39 is 0 Å². The van der Waals surface area contributed by atoms with Gasteiger partial charge in [-0.05, 0) is 38.6 Å². The summed E-state index contributed by atoms with van der Waals surface area (Å²) < 4.78 is 6.68. The molecule has 0 aromatic carbocycles. The third kappa shape index (κ3) is 4.62. The summed E-state index contributed by atoms with van der Waals surface area (Å²) in [6, 6.07) is 0.808. The van der Waals surface area contributed by atoms with Crippen molar-refractivity contribution in [3.63, 3.8) is 0 Å². The zero-order valence-corrected chi connectivity index (χ0v) is 13.9. The van der Waals surface area contributed by atoms with E-state index in [1.807, 2.05) is 0 Å². The molecule has 4 heteroatoms. The topological polar surface area (TPSA) is 24.5 Å². The Kier molecular flexibility index (Phi) is 4.96. The Morgan fingerprint density at radius 3 is 2.75 bits per heavy atom. The summed E-state index contributed by atoms with van der Waals surface area (Å²) in [7, 11) is 0. The fourth-order valence-electron chi connectivity index (χ4n) is 3.18. The van der Waals surface area contributed by atoms with E-state index in [2.05, 4.69) is 35.8 Å². The van der Waals surface area contributed by atoms with Crippen molar-refractivity contribution in [3.8, 4) is 0 Å². The van der Waals surface area contributed by atoms with Gasteiger partial charge in [-0.2, -0.15) is 11.8 Å². The Hall–Kier alpha value is 0.230. The molecule has 2 atom stereocenters. The van der Waals surface area contributed by atoms with E-state index in [0.29, 0.717) is 17.0 Å². The van der Waals surface area contributed by atoms with E-state index in [-0.39, 0.29) is 0 Å². The predicted octanol–water partition coefficient (Wildman–Crippen LogP) is 2.50. The smallest absolute Gasteiger partial charge is 0.0707 e. The predicted molar refractivity (Wildman–Crippen MR) is 86.5 cm³/mol. The SMILES string of the molecule is CC1(C)CCN(CC2CCC(CNC3CC3)O2)CCS1. The van der Waals surface area contributed by atoms with Crippen molar-refractivity contribution in [2.45, 2.75) is 68.9 Å². The highest BCUT2D eigenvalue weighted by Crippen LogP contribution is 2.31. The minimum absolute atomic E-state index is 0.460. The van der Waals surface area contributed by atoms with Gasteiger partial charge in [0.1, 0.15) is 0 Å². The van der Waals surface area contributed by atoms with Crippen LogP contribution in [0.2, 0.25) is 0 Å². The summed E-state index contributed by atoms with van der Waals surface area (Å²) in [4.78, 5) is 2.63.